The summed E-state index contributed by atoms with van der Waals surface area (Å²) < 4.78 is 95.8. The van der Waals surface area contributed by atoms with Crippen molar-refractivity contribution in [3.8, 4) is 51.0 Å². The second-order valence-electron chi connectivity index (χ2n) is 11.7. The molecule has 5 nitrogen and oxygen atoms in total. The summed E-state index contributed by atoms with van der Waals surface area (Å²) in [5.41, 5.74) is 4.75. The van der Waals surface area contributed by atoms with Crippen molar-refractivity contribution in [2.75, 3.05) is 0 Å². The zero-order chi connectivity index (χ0) is 41.7. The predicted molar refractivity (Wildman–Crippen MR) is 203 cm³/mol. The van der Waals surface area contributed by atoms with Crippen LogP contribution in [0.5, 0.6) is 0 Å². The Balaban J connectivity index is 1.25. The van der Waals surface area contributed by atoms with E-state index < -0.39 is 48.3 Å². The Hall–Kier alpha value is -6.85. The number of rotatable bonds is 5. The van der Waals surface area contributed by atoms with Crippen LogP contribution in [0.1, 0.15) is 13.7 Å². The van der Waals surface area contributed by atoms with Gasteiger partial charge in [0.25, 0.3) is 0 Å². The Labute approximate surface area is 301 Å². The lowest BCUT2D eigenvalue weighted by molar-refractivity contribution is 0.669. The largest absolute Gasteiger partial charge is 0.456 e. The predicted octanol–water partition coefficient (Wildman–Crippen LogP) is 11.5. The van der Waals surface area contributed by atoms with Crippen molar-refractivity contribution in [1.29, 1.82) is 0 Å². The number of nitrogens with zero attached hydrogens (tertiary/aromatic N) is 4. The van der Waals surface area contributed by atoms with E-state index in [9.17, 15) is 2.74 Å². The topological polar surface area (TPSA) is 56.7 Å². The van der Waals surface area contributed by atoms with Gasteiger partial charge in [-0.1, -0.05) is 145 Å². The third-order valence-corrected chi connectivity index (χ3v) is 8.74. The fourth-order valence-electron chi connectivity index (χ4n) is 6.30. The first kappa shape index (κ1) is 19.8. The molecule has 234 valence electrons. The summed E-state index contributed by atoms with van der Waals surface area (Å²) in [6.45, 7) is 0. The molecule has 0 bridgehead atoms. The first-order chi connectivity index (χ1) is 28.9. The molecule has 0 saturated heterocycles. The summed E-state index contributed by atoms with van der Waals surface area (Å²) in [5.74, 6) is 0.349. The summed E-state index contributed by atoms with van der Waals surface area (Å²) >= 11 is 0. The number of para-hydroxylation sites is 2. The van der Waals surface area contributed by atoms with E-state index in [2.05, 4.69) is 36.4 Å². The fraction of sp³-hybridized carbons (Fsp3) is 0. The molecule has 5 heteroatoms. The highest BCUT2D eigenvalue weighted by Crippen LogP contribution is 2.38. The smallest absolute Gasteiger partial charge is 0.238 e. The van der Waals surface area contributed by atoms with Gasteiger partial charge in [-0.2, -0.15) is 9.97 Å². The number of benzene rings is 7. The highest BCUT2D eigenvalue weighted by atomic mass is 16.3. The van der Waals surface area contributed by atoms with Gasteiger partial charge in [0.05, 0.1) is 24.7 Å². The van der Waals surface area contributed by atoms with Gasteiger partial charge in [-0.3, -0.25) is 4.57 Å². The minimum atomic E-state index is -0.558. The minimum absolute atomic E-state index is 0.0605. The maximum atomic E-state index is 9.69. The molecule has 0 amide bonds. The molecule has 0 spiro atoms. The van der Waals surface area contributed by atoms with Gasteiger partial charge in [0, 0.05) is 32.7 Å². The van der Waals surface area contributed by atoms with Crippen LogP contribution in [0.15, 0.2) is 174 Å². The highest BCUT2D eigenvalue weighted by molar-refractivity contribution is 6.17. The van der Waals surface area contributed by atoms with Crippen molar-refractivity contribution >= 4 is 43.7 Å². The Morgan fingerprint density at radius 1 is 0.420 bits per heavy atom. The van der Waals surface area contributed by atoms with E-state index in [1.54, 1.807) is 0 Å². The van der Waals surface area contributed by atoms with Gasteiger partial charge < -0.3 is 4.42 Å². The van der Waals surface area contributed by atoms with Crippen molar-refractivity contribution in [2.24, 2.45) is 0 Å². The molecule has 10 rings (SSSR count). The van der Waals surface area contributed by atoms with E-state index in [0.717, 1.165) is 22.3 Å². The SMILES string of the molecule is [2H]c1c([2H])c([2H])c2c(oc3c([2H])c4c5c([2H])c([2H])c([2H])c([2H])c5n(-c5nc(-c6ccccc6)nc(-c6ccc(-c7ccc(-c8ccccc8)cc7)cc6)n5)c4c([2H])c32)c1[2H]. The second-order valence-corrected chi connectivity index (χ2v) is 11.7. The summed E-state index contributed by atoms with van der Waals surface area (Å²) in [5, 5.41) is -0.334. The third kappa shape index (κ3) is 4.67. The van der Waals surface area contributed by atoms with Gasteiger partial charge in [-0.05, 0) is 46.4 Å². The average molecular weight is 651 g/mol. The molecule has 0 aliphatic rings. The van der Waals surface area contributed by atoms with Crippen LogP contribution in [0, 0.1) is 0 Å². The number of fused-ring (bicyclic) bond motifs is 6. The summed E-state index contributed by atoms with van der Waals surface area (Å²) in [7, 11) is 0. The Morgan fingerprint density at radius 3 is 1.60 bits per heavy atom. The molecule has 0 atom stereocenters. The van der Waals surface area contributed by atoms with Crippen LogP contribution in [-0.2, 0) is 0 Å². The van der Waals surface area contributed by atoms with Crippen molar-refractivity contribution in [3.63, 3.8) is 0 Å². The lowest BCUT2D eigenvalue weighted by atomic mass is 9.99. The van der Waals surface area contributed by atoms with Crippen molar-refractivity contribution in [2.45, 2.75) is 0 Å². The maximum Gasteiger partial charge on any atom is 0.238 e. The van der Waals surface area contributed by atoms with Crippen LogP contribution in [0.3, 0.4) is 0 Å². The molecule has 7 aromatic carbocycles. The Morgan fingerprint density at radius 2 is 0.940 bits per heavy atom. The molecule has 0 radical (unpaired) electrons. The van der Waals surface area contributed by atoms with Crippen molar-refractivity contribution < 1.29 is 18.1 Å². The number of hydrogen-bond donors (Lipinski definition) is 0. The molecule has 0 unspecified atom stereocenters. The zero-order valence-electron chi connectivity index (χ0n) is 36.1. The molecule has 0 N–H and O–H groups in total. The quantitative estimate of drug-likeness (QED) is 0.186. The molecular formula is C45H28N4O. The Bertz CT molecular complexity index is 3410. The van der Waals surface area contributed by atoms with Crippen LogP contribution in [0.2, 0.25) is 0 Å². The summed E-state index contributed by atoms with van der Waals surface area (Å²) in [6, 6.07) is 30.3. The number of furan rings is 1. The van der Waals surface area contributed by atoms with Gasteiger partial charge >= 0.3 is 0 Å². The van der Waals surface area contributed by atoms with Gasteiger partial charge in [0.2, 0.25) is 5.95 Å². The molecule has 0 aliphatic carbocycles. The first-order valence-electron chi connectivity index (χ1n) is 20.9. The van der Waals surface area contributed by atoms with Crippen LogP contribution < -0.4 is 0 Å². The fourth-order valence-corrected chi connectivity index (χ4v) is 6.30. The van der Waals surface area contributed by atoms with E-state index in [1.807, 2.05) is 72.8 Å². The maximum absolute atomic E-state index is 9.69. The van der Waals surface area contributed by atoms with Crippen LogP contribution >= 0.6 is 0 Å². The molecular weight excluding hydrogens is 613 g/mol. The van der Waals surface area contributed by atoms with Crippen LogP contribution in [0.25, 0.3) is 94.7 Å². The van der Waals surface area contributed by atoms with E-state index >= 15 is 0 Å². The van der Waals surface area contributed by atoms with E-state index in [-0.39, 0.29) is 73.4 Å². The normalized spacial score (nSPS) is 14.4. The Kier molecular flexibility index (Phi) is 4.52. The van der Waals surface area contributed by atoms with Gasteiger partial charge in [0.15, 0.2) is 11.6 Å². The summed E-state index contributed by atoms with van der Waals surface area (Å²) in [4.78, 5) is 14.6. The lowest BCUT2D eigenvalue weighted by Gasteiger charge is -2.11. The minimum Gasteiger partial charge on any atom is -0.456 e. The molecule has 50 heavy (non-hydrogen) atoms. The van der Waals surface area contributed by atoms with E-state index in [4.69, 9.17) is 30.3 Å². The molecule has 0 saturated carbocycles. The third-order valence-electron chi connectivity index (χ3n) is 8.74. The second kappa shape index (κ2) is 11.4. The molecule has 3 aromatic heterocycles. The van der Waals surface area contributed by atoms with Crippen LogP contribution in [0.4, 0.5) is 0 Å². The standard InChI is InChI=1S/C45H28N4O/c1-3-11-29(12-4-1)30-19-21-31(22-20-30)32-23-25-34(26-24-32)44-46-43(33-13-5-2-6-14-33)47-45(48-44)49-39-17-9-7-15-35(39)37-28-42-38(27-40(37)49)36-16-8-10-18-41(36)50-42/h1-28H/i7D,8D,9D,10D,15D,16D,17D,18D,27D,28D. The van der Waals surface area contributed by atoms with E-state index in [0.29, 0.717) is 11.1 Å². The first-order valence-corrected chi connectivity index (χ1v) is 15.9. The summed E-state index contributed by atoms with van der Waals surface area (Å²) in [6.07, 6.45) is 0. The van der Waals surface area contributed by atoms with Gasteiger partial charge in [-0.15, -0.1) is 0 Å². The molecule has 10 aromatic rings. The lowest BCUT2D eigenvalue weighted by Crippen LogP contribution is -2.06. The molecule has 0 aliphatic heterocycles. The van der Waals surface area contributed by atoms with Crippen LogP contribution in [-0.4, -0.2) is 19.5 Å². The number of hydrogen-bond acceptors (Lipinski definition) is 4. The van der Waals surface area contributed by atoms with Gasteiger partial charge in [0.1, 0.15) is 11.2 Å². The molecule has 0 fully saturated rings. The van der Waals surface area contributed by atoms with Crippen molar-refractivity contribution in [3.05, 3.63) is 170 Å². The van der Waals surface area contributed by atoms with Gasteiger partial charge in [-0.25, -0.2) is 4.98 Å². The van der Waals surface area contributed by atoms with Crippen molar-refractivity contribution in [1.82, 2.24) is 19.5 Å². The monoisotopic (exact) mass is 650 g/mol. The zero-order valence-corrected chi connectivity index (χ0v) is 26.1. The molecule has 3 heterocycles. The number of aromatic nitrogens is 4. The van der Waals surface area contributed by atoms with E-state index in [1.165, 1.54) is 4.57 Å². The average Bonchev–Trinajstić information content (AvgIpc) is 3.88. The highest BCUT2D eigenvalue weighted by Gasteiger charge is 2.20.